The van der Waals surface area contributed by atoms with Crippen LogP contribution in [0.3, 0.4) is 0 Å². The number of rotatable bonds is 4. The predicted octanol–water partition coefficient (Wildman–Crippen LogP) is 2.09. The summed E-state index contributed by atoms with van der Waals surface area (Å²) in [6, 6.07) is 0. The van der Waals surface area contributed by atoms with Crippen LogP contribution in [0.2, 0.25) is 0 Å². The fraction of sp³-hybridized carbons (Fsp3) is 0.933. The van der Waals surface area contributed by atoms with Crippen molar-refractivity contribution in [2.45, 2.75) is 51.4 Å². The molecule has 3 saturated carbocycles. The summed E-state index contributed by atoms with van der Waals surface area (Å²) in [5.74, 6) is 1.98. The number of amides is 1. The Morgan fingerprint density at radius 1 is 1.11 bits per heavy atom. The molecule has 2 unspecified atom stereocenters. The molecule has 18 heavy (non-hydrogen) atoms. The van der Waals surface area contributed by atoms with Crippen molar-refractivity contribution in [3.8, 4) is 0 Å². The fourth-order valence-electron chi connectivity index (χ4n) is 4.30. The summed E-state index contributed by atoms with van der Waals surface area (Å²) in [6.45, 7) is 0.920. The van der Waals surface area contributed by atoms with E-state index in [0.29, 0.717) is 24.3 Å². The Morgan fingerprint density at radius 2 is 1.78 bits per heavy atom. The Kier molecular flexibility index (Phi) is 3.35. The lowest BCUT2D eigenvalue weighted by Crippen LogP contribution is -2.42. The minimum Gasteiger partial charge on any atom is -0.396 e. The highest BCUT2D eigenvalue weighted by Crippen LogP contribution is 2.57. The standard InChI is InChI=1S/C15H25NO2/c17-10-15(7-2-1-3-8-15)9-16-14(18)13-11-5-4-6-12(11)13/h11-13,17H,1-10H2,(H,16,18). The Balaban J connectivity index is 1.49. The topological polar surface area (TPSA) is 49.3 Å². The zero-order valence-corrected chi connectivity index (χ0v) is 11.2. The van der Waals surface area contributed by atoms with Gasteiger partial charge in [0.05, 0.1) is 6.61 Å². The van der Waals surface area contributed by atoms with E-state index in [-0.39, 0.29) is 17.9 Å². The number of aliphatic hydroxyl groups is 1. The van der Waals surface area contributed by atoms with E-state index in [9.17, 15) is 9.90 Å². The van der Waals surface area contributed by atoms with Crippen molar-refractivity contribution in [1.82, 2.24) is 5.32 Å². The third-order valence-corrected chi connectivity index (χ3v) is 5.60. The average Bonchev–Trinajstić information content (AvgIpc) is 2.90. The normalized spacial score (nSPS) is 37.1. The molecule has 102 valence electrons. The number of carbonyl (C=O) groups is 1. The van der Waals surface area contributed by atoms with Crippen LogP contribution in [-0.4, -0.2) is 24.2 Å². The van der Waals surface area contributed by atoms with Crippen LogP contribution in [0.4, 0.5) is 0 Å². The minimum absolute atomic E-state index is 0.0160. The van der Waals surface area contributed by atoms with E-state index in [1.165, 1.54) is 38.5 Å². The molecule has 0 aliphatic heterocycles. The first-order valence-corrected chi connectivity index (χ1v) is 7.64. The van der Waals surface area contributed by atoms with Gasteiger partial charge in [-0.05, 0) is 37.5 Å². The molecule has 0 spiro atoms. The first-order valence-electron chi connectivity index (χ1n) is 7.64. The van der Waals surface area contributed by atoms with E-state index in [0.717, 1.165) is 12.8 Å². The molecule has 0 aromatic carbocycles. The Morgan fingerprint density at radius 3 is 2.39 bits per heavy atom. The molecule has 0 saturated heterocycles. The smallest absolute Gasteiger partial charge is 0.223 e. The van der Waals surface area contributed by atoms with E-state index < -0.39 is 0 Å². The molecule has 0 heterocycles. The molecule has 0 bridgehead atoms. The van der Waals surface area contributed by atoms with Crippen LogP contribution in [-0.2, 0) is 4.79 Å². The van der Waals surface area contributed by atoms with E-state index in [1.807, 2.05) is 0 Å². The first-order chi connectivity index (χ1) is 8.76. The Labute approximate surface area is 109 Å². The average molecular weight is 251 g/mol. The Hall–Kier alpha value is -0.570. The summed E-state index contributed by atoms with van der Waals surface area (Å²) in [4.78, 5) is 12.1. The first kappa shape index (κ1) is 12.5. The van der Waals surface area contributed by atoms with Crippen molar-refractivity contribution >= 4 is 5.91 Å². The monoisotopic (exact) mass is 251 g/mol. The van der Waals surface area contributed by atoms with Gasteiger partial charge in [0.15, 0.2) is 0 Å². The maximum Gasteiger partial charge on any atom is 0.223 e. The van der Waals surface area contributed by atoms with Crippen molar-refractivity contribution in [2.24, 2.45) is 23.2 Å². The predicted molar refractivity (Wildman–Crippen MR) is 69.9 cm³/mol. The summed E-state index contributed by atoms with van der Waals surface area (Å²) in [6.07, 6.45) is 9.66. The zero-order valence-electron chi connectivity index (χ0n) is 11.2. The molecule has 3 heteroatoms. The number of aliphatic hydroxyl groups excluding tert-OH is 1. The van der Waals surface area contributed by atoms with E-state index in [4.69, 9.17) is 0 Å². The summed E-state index contributed by atoms with van der Waals surface area (Å²) in [5.41, 5.74) is -0.0160. The molecule has 2 atom stereocenters. The lowest BCUT2D eigenvalue weighted by molar-refractivity contribution is -0.123. The molecule has 2 N–H and O–H groups in total. The summed E-state index contributed by atoms with van der Waals surface area (Å²) in [5, 5.41) is 12.8. The molecule has 0 radical (unpaired) electrons. The molecule has 1 amide bonds. The maximum absolute atomic E-state index is 12.1. The molecular weight excluding hydrogens is 226 g/mol. The lowest BCUT2D eigenvalue weighted by Gasteiger charge is -2.35. The molecule has 0 aromatic rings. The van der Waals surface area contributed by atoms with Crippen LogP contribution >= 0.6 is 0 Å². The molecular formula is C15H25NO2. The van der Waals surface area contributed by atoms with Crippen LogP contribution in [0.1, 0.15) is 51.4 Å². The van der Waals surface area contributed by atoms with Gasteiger partial charge in [0.25, 0.3) is 0 Å². The molecule has 0 aromatic heterocycles. The third-order valence-electron chi connectivity index (χ3n) is 5.60. The molecule has 3 fully saturated rings. The van der Waals surface area contributed by atoms with Gasteiger partial charge in [0.1, 0.15) is 0 Å². The van der Waals surface area contributed by atoms with Crippen LogP contribution in [0.15, 0.2) is 0 Å². The van der Waals surface area contributed by atoms with Crippen LogP contribution < -0.4 is 5.32 Å². The van der Waals surface area contributed by atoms with Gasteiger partial charge < -0.3 is 10.4 Å². The van der Waals surface area contributed by atoms with E-state index in [2.05, 4.69) is 5.32 Å². The summed E-state index contributed by atoms with van der Waals surface area (Å²) in [7, 11) is 0. The van der Waals surface area contributed by atoms with Crippen molar-refractivity contribution in [3.63, 3.8) is 0 Å². The molecule has 3 aliphatic carbocycles. The van der Waals surface area contributed by atoms with Crippen molar-refractivity contribution < 1.29 is 9.90 Å². The molecule has 3 aliphatic rings. The second kappa shape index (κ2) is 4.84. The van der Waals surface area contributed by atoms with Gasteiger partial charge in [-0.3, -0.25) is 4.79 Å². The third kappa shape index (κ3) is 2.18. The molecule has 3 nitrogen and oxygen atoms in total. The van der Waals surface area contributed by atoms with Gasteiger partial charge in [-0.15, -0.1) is 0 Å². The van der Waals surface area contributed by atoms with Crippen LogP contribution in [0, 0.1) is 23.2 Å². The zero-order chi connectivity index (χ0) is 12.6. The minimum atomic E-state index is -0.0160. The second-order valence-corrected chi connectivity index (χ2v) is 6.72. The Bertz CT molecular complexity index is 312. The van der Waals surface area contributed by atoms with Crippen LogP contribution in [0.25, 0.3) is 0 Å². The number of hydrogen-bond acceptors (Lipinski definition) is 2. The highest BCUT2D eigenvalue weighted by atomic mass is 16.3. The largest absolute Gasteiger partial charge is 0.396 e. The van der Waals surface area contributed by atoms with E-state index in [1.54, 1.807) is 0 Å². The summed E-state index contributed by atoms with van der Waals surface area (Å²) >= 11 is 0. The number of carbonyl (C=O) groups excluding carboxylic acids is 1. The van der Waals surface area contributed by atoms with Gasteiger partial charge in [0.2, 0.25) is 5.91 Å². The molecule has 3 rings (SSSR count). The fourth-order valence-corrected chi connectivity index (χ4v) is 4.30. The van der Waals surface area contributed by atoms with Gasteiger partial charge in [0, 0.05) is 17.9 Å². The van der Waals surface area contributed by atoms with Gasteiger partial charge in [-0.1, -0.05) is 25.7 Å². The van der Waals surface area contributed by atoms with Gasteiger partial charge in [-0.25, -0.2) is 0 Å². The highest BCUT2D eigenvalue weighted by molar-refractivity contribution is 5.82. The van der Waals surface area contributed by atoms with Crippen molar-refractivity contribution in [1.29, 1.82) is 0 Å². The van der Waals surface area contributed by atoms with Gasteiger partial charge >= 0.3 is 0 Å². The SMILES string of the molecule is O=C(NCC1(CO)CCCCC1)C1C2CCCC21. The van der Waals surface area contributed by atoms with Crippen molar-refractivity contribution in [2.75, 3.05) is 13.2 Å². The number of nitrogens with one attached hydrogen (secondary N) is 1. The number of hydrogen-bond donors (Lipinski definition) is 2. The number of fused-ring (bicyclic) bond motifs is 1. The highest BCUT2D eigenvalue weighted by Gasteiger charge is 2.56. The second-order valence-electron chi connectivity index (χ2n) is 6.72. The van der Waals surface area contributed by atoms with Crippen molar-refractivity contribution in [3.05, 3.63) is 0 Å². The quantitative estimate of drug-likeness (QED) is 0.804. The van der Waals surface area contributed by atoms with Crippen LogP contribution in [0.5, 0.6) is 0 Å². The maximum atomic E-state index is 12.1. The van der Waals surface area contributed by atoms with Gasteiger partial charge in [-0.2, -0.15) is 0 Å². The van der Waals surface area contributed by atoms with E-state index >= 15 is 0 Å². The summed E-state index contributed by atoms with van der Waals surface area (Å²) < 4.78 is 0. The lowest BCUT2D eigenvalue weighted by atomic mass is 9.74.